The van der Waals surface area contributed by atoms with Gasteiger partial charge in [0, 0.05) is 30.2 Å². The maximum Gasteiger partial charge on any atom is 0.234 e. The van der Waals surface area contributed by atoms with Gasteiger partial charge < -0.3 is 19.4 Å². The second kappa shape index (κ2) is 7.70. The normalized spacial score (nSPS) is 13.4. The number of aromatic nitrogens is 2. The highest BCUT2D eigenvalue weighted by Crippen LogP contribution is 2.32. The van der Waals surface area contributed by atoms with Gasteiger partial charge >= 0.3 is 0 Å². The van der Waals surface area contributed by atoms with Crippen molar-refractivity contribution in [2.75, 3.05) is 24.3 Å². The third kappa shape index (κ3) is 3.99. The zero-order valence-electron chi connectivity index (χ0n) is 14.7. The number of nitrogens with zero attached hydrogens (tertiary/aromatic N) is 2. The number of aryl methyl sites for hydroxylation is 1. The van der Waals surface area contributed by atoms with E-state index in [0.29, 0.717) is 35.4 Å². The fraction of sp³-hybridized carbons (Fsp3) is 0.263. The number of rotatable bonds is 4. The van der Waals surface area contributed by atoms with Crippen molar-refractivity contribution in [2.24, 2.45) is 7.05 Å². The molecule has 140 valence electrons. The number of halogens is 1. The van der Waals surface area contributed by atoms with E-state index in [-0.39, 0.29) is 11.7 Å². The molecule has 0 aliphatic carbocycles. The summed E-state index contributed by atoms with van der Waals surface area (Å²) in [4.78, 5) is 16.9. The van der Waals surface area contributed by atoms with Gasteiger partial charge in [-0.3, -0.25) is 4.79 Å². The van der Waals surface area contributed by atoms with Crippen LogP contribution >= 0.6 is 23.4 Å². The Morgan fingerprint density at radius 2 is 2.04 bits per heavy atom. The van der Waals surface area contributed by atoms with Gasteiger partial charge in [-0.2, -0.15) is 0 Å². The lowest BCUT2D eigenvalue weighted by Crippen LogP contribution is -2.14. The summed E-state index contributed by atoms with van der Waals surface area (Å²) in [7, 11) is 1.92. The first-order chi connectivity index (χ1) is 13.1. The van der Waals surface area contributed by atoms with E-state index >= 15 is 0 Å². The molecule has 2 heterocycles. The molecule has 8 heteroatoms. The standard InChI is InChI=1S/C19H18ClN3O3S/c1-23-15-5-3-12(20)9-14(15)22-19(23)27-11-18(24)21-13-4-6-16-17(10-13)26-8-2-7-25-16/h3-6,9-10H,2,7-8,11H2,1H3,(H,21,24). The summed E-state index contributed by atoms with van der Waals surface area (Å²) in [6.07, 6.45) is 0.843. The van der Waals surface area contributed by atoms with Crippen molar-refractivity contribution in [3.63, 3.8) is 0 Å². The fourth-order valence-corrected chi connectivity index (χ4v) is 3.80. The predicted octanol–water partition coefficient (Wildman–Crippen LogP) is 4.12. The molecule has 0 saturated heterocycles. The zero-order valence-corrected chi connectivity index (χ0v) is 16.3. The van der Waals surface area contributed by atoms with Gasteiger partial charge in [0.2, 0.25) is 5.91 Å². The summed E-state index contributed by atoms with van der Waals surface area (Å²) in [6.45, 7) is 1.25. The Labute approximate surface area is 165 Å². The molecule has 0 spiro atoms. The predicted molar refractivity (Wildman–Crippen MR) is 107 cm³/mol. The Balaban J connectivity index is 1.41. The molecule has 2 aromatic carbocycles. The Bertz CT molecular complexity index is 1010. The number of thioether (sulfide) groups is 1. The first-order valence-corrected chi connectivity index (χ1v) is 9.91. The summed E-state index contributed by atoms with van der Waals surface area (Å²) in [6, 6.07) is 11.0. The number of hydrogen-bond acceptors (Lipinski definition) is 5. The third-order valence-corrected chi connectivity index (χ3v) is 5.43. The van der Waals surface area contributed by atoms with Crippen molar-refractivity contribution in [2.45, 2.75) is 11.6 Å². The molecular weight excluding hydrogens is 386 g/mol. The smallest absolute Gasteiger partial charge is 0.234 e. The largest absolute Gasteiger partial charge is 0.490 e. The average molecular weight is 404 g/mol. The van der Waals surface area contributed by atoms with Gasteiger partial charge in [-0.05, 0) is 30.3 Å². The number of amides is 1. The van der Waals surface area contributed by atoms with E-state index in [0.717, 1.165) is 22.6 Å². The molecule has 0 unspecified atom stereocenters. The van der Waals surface area contributed by atoms with Crippen LogP contribution in [-0.4, -0.2) is 34.4 Å². The number of anilines is 1. The zero-order chi connectivity index (χ0) is 18.8. The molecule has 1 N–H and O–H groups in total. The lowest BCUT2D eigenvalue weighted by molar-refractivity contribution is -0.113. The molecule has 3 aromatic rings. The first-order valence-electron chi connectivity index (χ1n) is 8.54. The number of benzene rings is 2. The number of carbonyl (C=O) groups is 1. The lowest BCUT2D eigenvalue weighted by Gasteiger charge is -2.10. The molecule has 1 aliphatic heterocycles. The van der Waals surface area contributed by atoms with Crippen LogP contribution in [0.1, 0.15) is 6.42 Å². The van der Waals surface area contributed by atoms with E-state index in [4.69, 9.17) is 21.1 Å². The van der Waals surface area contributed by atoms with Crippen molar-refractivity contribution in [3.8, 4) is 11.5 Å². The summed E-state index contributed by atoms with van der Waals surface area (Å²) < 4.78 is 13.2. The molecular formula is C19H18ClN3O3S. The minimum absolute atomic E-state index is 0.112. The minimum Gasteiger partial charge on any atom is -0.490 e. The monoisotopic (exact) mass is 403 g/mol. The van der Waals surface area contributed by atoms with Gasteiger partial charge in [0.25, 0.3) is 0 Å². The van der Waals surface area contributed by atoms with Crippen LogP contribution in [0.5, 0.6) is 11.5 Å². The van der Waals surface area contributed by atoms with Crippen LogP contribution < -0.4 is 14.8 Å². The van der Waals surface area contributed by atoms with Gasteiger partial charge in [0.05, 0.1) is 30.0 Å². The topological polar surface area (TPSA) is 65.4 Å². The Kier molecular flexibility index (Phi) is 5.13. The van der Waals surface area contributed by atoms with Crippen LogP contribution in [0.2, 0.25) is 5.02 Å². The van der Waals surface area contributed by atoms with Crippen molar-refractivity contribution in [1.29, 1.82) is 0 Å². The van der Waals surface area contributed by atoms with E-state index in [1.54, 1.807) is 6.07 Å². The molecule has 0 radical (unpaired) electrons. The molecule has 4 rings (SSSR count). The van der Waals surface area contributed by atoms with Gasteiger partial charge in [-0.25, -0.2) is 4.98 Å². The van der Waals surface area contributed by atoms with Crippen LogP contribution in [0, 0.1) is 0 Å². The van der Waals surface area contributed by atoms with Gasteiger partial charge in [-0.1, -0.05) is 23.4 Å². The van der Waals surface area contributed by atoms with Crippen molar-refractivity contribution < 1.29 is 14.3 Å². The van der Waals surface area contributed by atoms with E-state index in [9.17, 15) is 4.79 Å². The Morgan fingerprint density at radius 1 is 1.22 bits per heavy atom. The maximum absolute atomic E-state index is 12.3. The number of imidazole rings is 1. The van der Waals surface area contributed by atoms with Gasteiger partial charge in [-0.15, -0.1) is 0 Å². The fourth-order valence-electron chi connectivity index (χ4n) is 2.85. The summed E-state index contributed by atoms with van der Waals surface area (Å²) >= 11 is 7.40. The minimum atomic E-state index is -0.112. The van der Waals surface area contributed by atoms with Crippen LogP contribution in [-0.2, 0) is 11.8 Å². The highest BCUT2D eigenvalue weighted by atomic mass is 35.5. The Morgan fingerprint density at radius 3 is 2.89 bits per heavy atom. The third-order valence-electron chi connectivity index (χ3n) is 4.17. The molecule has 0 fully saturated rings. The summed E-state index contributed by atoms with van der Waals surface area (Å²) in [5, 5.41) is 4.30. The van der Waals surface area contributed by atoms with Crippen molar-refractivity contribution in [1.82, 2.24) is 9.55 Å². The molecule has 1 aliphatic rings. The second-order valence-electron chi connectivity index (χ2n) is 6.14. The van der Waals surface area contributed by atoms with Crippen LogP contribution in [0.3, 0.4) is 0 Å². The first kappa shape index (κ1) is 18.0. The van der Waals surface area contributed by atoms with E-state index in [1.807, 2.05) is 41.9 Å². The quantitative estimate of drug-likeness (QED) is 0.664. The van der Waals surface area contributed by atoms with E-state index < -0.39 is 0 Å². The lowest BCUT2D eigenvalue weighted by atomic mass is 10.2. The van der Waals surface area contributed by atoms with Crippen LogP contribution in [0.15, 0.2) is 41.6 Å². The number of hydrogen-bond donors (Lipinski definition) is 1. The highest BCUT2D eigenvalue weighted by Gasteiger charge is 2.14. The van der Waals surface area contributed by atoms with Crippen LogP contribution in [0.4, 0.5) is 5.69 Å². The number of ether oxygens (including phenoxy) is 2. The molecule has 1 amide bonds. The number of fused-ring (bicyclic) bond motifs is 2. The Hall–Kier alpha value is -2.38. The SMILES string of the molecule is Cn1c(SCC(=O)Nc2ccc3c(c2)OCCCO3)nc2cc(Cl)ccc21. The summed E-state index contributed by atoms with van der Waals surface area (Å²) in [5.41, 5.74) is 2.47. The van der Waals surface area contributed by atoms with Crippen molar-refractivity contribution >= 4 is 46.0 Å². The van der Waals surface area contributed by atoms with Gasteiger partial charge in [0.1, 0.15) is 0 Å². The number of nitrogens with one attached hydrogen (secondary N) is 1. The average Bonchev–Trinajstić information content (AvgIpc) is 2.81. The molecule has 1 aromatic heterocycles. The molecule has 0 saturated carbocycles. The molecule has 0 atom stereocenters. The molecule has 6 nitrogen and oxygen atoms in total. The highest BCUT2D eigenvalue weighted by molar-refractivity contribution is 7.99. The number of carbonyl (C=O) groups excluding carboxylic acids is 1. The molecule has 0 bridgehead atoms. The summed E-state index contributed by atoms with van der Waals surface area (Å²) in [5.74, 6) is 1.50. The maximum atomic E-state index is 12.3. The van der Waals surface area contributed by atoms with Crippen LogP contribution in [0.25, 0.3) is 11.0 Å². The van der Waals surface area contributed by atoms with Gasteiger partial charge in [0.15, 0.2) is 16.7 Å². The van der Waals surface area contributed by atoms with Crippen molar-refractivity contribution in [3.05, 3.63) is 41.4 Å². The van der Waals surface area contributed by atoms with E-state index in [2.05, 4.69) is 10.3 Å². The second-order valence-corrected chi connectivity index (χ2v) is 7.51. The molecule has 27 heavy (non-hydrogen) atoms. The van der Waals surface area contributed by atoms with E-state index in [1.165, 1.54) is 11.8 Å².